The molecule has 3 nitrogen and oxygen atoms in total. The lowest BCUT2D eigenvalue weighted by Gasteiger charge is -2.10. The number of carboxylic acids is 1. The van der Waals surface area contributed by atoms with Crippen LogP contribution < -0.4 is 0 Å². The number of pyridine rings is 1. The normalized spacial score (nSPS) is 10.5. The number of aliphatic carboxylic acids is 1. The third kappa shape index (κ3) is 3.18. The van der Waals surface area contributed by atoms with Gasteiger partial charge < -0.3 is 5.11 Å². The van der Waals surface area contributed by atoms with Crippen LogP contribution in [0, 0.1) is 0 Å². The maximum Gasteiger partial charge on any atom is 0.307 e. The summed E-state index contributed by atoms with van der Waals surface area (Å²) in [6, 6.07) is 6.67. The first-order valence-electron chi connectivity index (χ1n) is 5.29. The standard InChI is InChI=1S/C13H8Cl3NO2/c14-10-3-1-2-8(13(10)16)9-6-17-11(15)4-7(9)5-12(18)19/h1-4,6H,5H2,(H,18,19). The first-order valence-corrected chi connectivity index (χ1v) is 6.43. The van der Waals surface area contributed by atoms with Crippen LogP contribution in [0.25, 0.3) is 11.1 Å². The van der Waals surface area contributed by atoms with Crippen molar-refractivity contribution in [3.63, 3.8) is 0 Å². The molecule has 0 aliphatic heterocycles. The van der Waals surface area contributed by atoms with Crippen molar-refractivity contribution in [2.24, 2.45) is 0 Å². The lowest BCUT2D eigenvalue weighted by atomic mass is 10.00. The van der Waals surface area contributed by atoms with E-state index in [9.17, 15) is 4.79 Å². The van der Waals surface area contributed by atoms with Crippen LogP contribution in [0.5, 0.6) is 0 Å². The average molecular weight is 317 g/mol. The fourth-order valence-electron chi connectivity index (χ4n) is 1.73. The van der Waals surface area contributed by atoms with Crippen molar-refractivity contribution in [3.8, 4) is 11.1 Å². The summed E-state index contributed by atoms with van der Waals surface area (Å²) < 4.78 is 0. The fourth-order valence-corrected chi connectivity index (χ4v) is 2.31. The molecule has 1 aromatic heterocycles. The molecule has 0 saturated carbocycles. The minimum absolute atomic E-state index is 0.166. The number of carboxylic acid groups (broad SMARTS) is 1. The molecule has 0 aliphatic carbocycles. The van der Waals surface area contributed by atoms with Crippen LogP contribution >= 0.6 is 34.8 Å². The van der Waals surface area contributed by atoms with Gasteiger partial charge in [-0.05, 0) is 17.7 Å². The van der Waals surface area contributed by atoms with E-state index in [1.54, 1.807) is 18.2 Å². The van der Waals surface area contributed by atoms with E-state index in [0.717, 1.165) is 0 Å². The molecule has 0 spiro atoms. The molecule has 0 bridgehead atoms. The largest absolute Gasteiger partial charge is 0.481 e. The van der Waals surface area contributed by atoms with Crippen LogP contribution in [0.3, 0.4) is 0 Å². The highest BCUT2D eigenvalue weighted by Gasteiger charge is 2.14. The molecule has 0 amide bonds. The molecule has 2 aromatic rings. The molecule has 0 fully saturated rings. The summed E-state index contributed by atoms with van der Waals surface area (Å²) in [5.41, 5.74) is 1.78. The van der Waals surface area contributed by atoms with Gasteiger partial charge in [-0.25, -0.2) is 4.98 Å². The Bertz CT molecular complexity index is 644. The van der Waals surface area contributed by atoms with Crippen LogP contribution in [0.2, 0.25) is 15.2 Å². The monoisotopic (exact) mass is 315 g/mol. The molecule has 0 aliphatic rings. The van der Waals surface area contributed by atoms with E-state index in [4.69, 9.17) is 39.9 Å². The van der Waals surface area contributed by atoms with Crippen molar-refractivity contribution >= 4 is 40.8 Å². The fraction of sp³-hybridized carbons (Fsp3) is 0.0769. The Hall–Kier alpha value is -1.29. The van der Waals surface area contributed by atoms with Gasteiger partial charge in [0.2, 0.25) is 0 Å². The van der Waals surface area contributed by atoms with Gasteiger partial charge in [-0.1, -0.05) is 46.9 Å². The number of hydrogen-bond acceptors (Lipinski definition) is 2. The van der Waals surface area contributed by atoms with Crippen molar-refractivity contribution in [1.29, 1.82) is 0 Å². The zero-order valence-electron chi connectivity index (χ0n) is 9.53. The SMILES string of the molecule is O=C(O)Cc1cc(Cl)ncc1-c1cccc(Cl)c1Cl. The van der Waals surface area contributed by atoms with Gasteiger partial charge in [0.25, 0.3) is 0 Å². The summed E-state index contributed by atoms with van der Waals surface area (Å²) in [6.45, 7) is 0. The predicted molar refractivity (Wildman–Crippen MR) is 76.0 cm³/mol. The minimum Gasteiger partial charge on any atom is -0.481 e. The Morgan fingerprint density at radius 3 is 2.63 bits per heavy atom. The van der Waals surface area contributed by atoms with Gasteiger partial charge in [-0.15, -0.1) is 0 Å². The van der Waals surface area contributed by atoms with Gasteiger partial charge in [-0.3, -0.25) is 4.79 Å². The second-order valence-corrected chi connectivity index (χ2v) is 5.01. The molecule has 0 unspecified atom stereocenters. The first-order chi connectivity index (χ1) is 8.99. The molecule has 0 radical (unpaired) electrons. The molecule has 0 saturated heterocycles. The quantitative estimate of drug-likeness (QED) is 0.857. The zero-order chi connectivity index (χ0) is 14.0. The van der Waals surface area contributed by atoms with E-state index in [2.05, 4.69) is 4.98 Å². The maximum atomic E-state index is 10.9. The Morgan fingerprint density at radius 2 is 1.95 bits per heavy atom. The Labute approximate surface area is 124 Å². The van der Waals surface area contributed by atoms with Crippen molar-refractivity contribution in [3.05, 3.63) is 51.2 Å². The van der Waals surface area contributed by atoms with Gasteiger partial charge in [-0.2, -0.15) is 0 Å². The number of halogens is 3. The van der Waals surface area contributed by atoms with Crippen LogP contribution in [0.1, 0.15) is 5.56 Å². The smallest absolute Gasteiger partial charge is 0.307 e. The number of benzene rings is 1. The Balaban J connectivity index is 2.61. The summed E-state index contributed by atoms with van der Waals surface area (Å²) in [5, 5.41) is 9.92. The van der Waals surface area contributed by atoms with Gasteiger partial charge in [0, 0.05) is 17.3 Å². The van der Waals surface area contributed by atoms with E-state index >= 15 is 0 Å². The molecular weight excluding hydrogens is 309 g/mol. The molecule has 19 heavy (non-hydrogen) atoms. The van der Waals surface area contributed by atoms with E-state index < -0.39 is 5.97 Å². The summed E-state index contributed by atoms with van der Waals surface area (Å²) in [5.74, 6) is -0.957. The highest BCUT2D eigenvalue weighted by molar-refractivity contribution is 6.43. The summed E-state index contributed by atoms with van der Waals surface area (Å²) in [6.07, 6.45) is 1.33. The third-order valence-electron chi connectivity index (χ3n) is 2.54. The van der Waals surface area contributed by atoms with Crippen LogP contribution in [0.4, 0.5) is 0 Å². The second kappa shape index (κ2) is 5.78. The average Bonchev–Trinajstić information content (AvgIpc) is 2.33. The number of hydrogen-bond donors (Lipinski definition) is 1. The highest BCUT2D eigenvalue weighted by atomic mass is 35.5. The Morgan fingerprint density at radius 1 is 1.21 bits per heavy atom. The zero-order valence-corrected chi connectivity index (χ0v) is 11.8. The lowest BCUT2D eigenvalue weighted by molar-refractivity contribution is -0.136. The molecule has 1 aromatic carbocycles. The Kier molecular flexibility index (Phi) is 4.30. The molecule has 2 rings (SSSR count). The second-order valence-electron chi connectivity index (χ2n) is 3.84. The molecule has 1 heterocycles. The highest BCUT2D eigenvalue weighted by Crippen LogP contribution is 2.35. The molecular formula is C13H8Cl3NO2. The van der Waals surface area contributed by atoms with E-state index in [1.165, 1.54) is 12.3 Å². The van der Waals surface area contributed by atoms with Gasteiger partial charge in [0.1, 0.15) is 5.15 Å². The molecule has 98 valence electrons. The van der Waals surface area contributed by atoms with Gasteiger partial charge >= 0.3 is 5.97 Å². The van der Waals surface area contributed by atoms with Crippen LogP contribution in [0.15, 0.2) is 30.5 Å². The topological polar surface area (TPSA) is 50.2 Å². The third-order valence-corrected chi connectivity index (χ3v) is 3.57. The van der Waals surface area contributed by atoms with E-state index in [1.807, 2.05) is 0 Å². The summed E-state index contributed by atoms with van der Waals surface area (Å²) in [4.78, 5) is 14.9. The molecule has 0 atom stereocenters. The summed E-state index contributed by atoms with van der Waals surface area (Å²) in [7, 11) is 0. The minimum atomic E-state index is -0.957. The van der Waals surface area contributed by atoms with E-state index in [-0.39, 0.29) is 11.6 Å². The number of rotatable bonds is 3. The van der Waals surface area contributed by atoms with Crippen molar-refractivity contribution in [2.45, 2.75) is 6.42 Å². The number of nitrogens with zero attached hydrogens (tertiary/aromatic N) is 1. The van der Waals surface area contributed by atoms with Crippen LogP contribution in [-0.2, 0) is 11.2 Å². The van der Waals surface area contributed by atoms with Crippen molar-refractivity contribution in [1.82, 2.24) is 4.98 Å². The first kappa shape index (κ1) is 14.1. The number of aromatic nitrogens is 1. The predicted octanol–water partition coefficient (Wildman–Crippen LogP) is 4.34. The van der Waals surface area contributed by atoms with E-state index in [0.29, 0.717) is 26.7 Å². The number of carbonyl (C=O) groups is 1. The van der Waals surface area contributed by atoms with Crippen molar-refractivity contribution in [2.75, 3.05) is 0 Å². The summed E-state index contributed by atoms with van der Waals surface area (Å²) >= 11 is 17.9. The maximum absolute atomic E-state index is 10.9. The van der Waals surface area contributed by atoms with Gasteiger partial charge in [0.15, 0.2) is 0 Å². The molecule has 1 N–H and O–H groups in total. The van der Waals surface area contributed by atoms with Gasteiger partial charge in [0.05, 0.1) is 16.5 Å². The van der Waals surface area contributed by atoms with Crippen LogP contribution in [-0.4, -0.2) is 16.1 Å². The lowest BCUT2D eigenvalue weighted by Crippen LogP contribution is -2.02. The van der Waals surface area contributed by atoms with Crippen molar-refractivity contribution < 1.29 is 9.90 Å². The molecule has 6 heteroatoms.